The van der Waals surface area contributed by atoms with Crippen LogP contribution in [0.3, 0.4) is 0 Å². The number of benzene rings is 2. The summed E-state index contributed by atoms with van der Waals surface area (Å²) in [6.45, 7) is 2.41. The number of aryl methyl sites for hydroxylation is 2. The summed E-state index contributed by atoms with van der Waals surface area (Å²) < 4.78 is 10.5. The van der Waals surface area contributed by atoms with Crippen LogP contribution in [-0.2, 0) is 17.8 Å². The normalized spacial score (nSPS) is 10.5. The zero-order chi connectivity index (χ0) is 18.4. The van der Waals surface area contributed by atoms with Gasteiger partial charge < -0.3 is 14.6 Å². The zero-order valence-electron chi connectivity index (χ0n) is 14.9. The molecule has 1 aromatic heterocycles. The van der Waals surface area contributed by atoms with Crippen molar-refractivity contribution in [3.05, 3.63) is 65.5 Å². The molecule has 26 heavy (non-hydrogen) atoms. The fourth-order valence-electron chi connectivity index (χ4n) is 2.64. The first-order chi connectivity index (χ1) is 12.7. The van der Waals surface area contributed by atoms with E-state index in [2.05, 4.69) is 15.5 Å². The quantitative estimate of drug-likeness (QED) is 0.707. The third-order valence-electron chi connectivity index (χ3n) is 4.09. The summed E-state index contributed by atoms with van der Waals surface area (Å²) in [6, 6.07) is 15.4. The molecule has 3 aromatic rings. The predicted molar refractivity (Wildman–Crippen MR) is 97.6 cm³/mol. The van der Waals surface area contributed by atoms with Gasteiger partial charge in [0, 0.05) is 30.5 Å². The molecule has 134 valence electrons. The van der Waals surface area contributed by atoms with Crippen molar-refractivity contribution < 1.29 is 14.1 Å². The molecule has 6 nitrogen and oxygen atoms in total. The van der Waals surface area contributed by atoms with Crippen LogP contribution in [-0.4, -0.2) is 23.2 Å². The lowest BCUT2D eigenvalue weighted by Gasteiger charge is -2.09. The minimum atomic E-state index is -0.0773. The van der Waals surface area contributed by atoms with Gasteiger partial charge in [-0.05, 0) is 18.6 Å². The number of carbonyl (C=O) groups excluding carboxylic acids is 1. The average molecular weight is 351 g/mol. The Kier molecular flexibility index (Phi) is 5.63. The number of nitrogens with zero attached hydrogens (tertiary/aromatic N) is 2. The van der Waals surface area contributed by atoms with Gasteiger partial charge in [-0.1, -0.05) is 47.6 Å². The van der Waals surface area contributed by atoms with E-state index in [0.29, 0.717) is 24.7 Å². The molecule has 2 aromatic carbocycles. The van der Waals surface area contributed by atoms with E-state index in [4.69, 9.17) is 9.26 Å². The Hall–Kier alpha value is -3.15. The lowest BCUT2D eigenvalue weighted by atomic mass is 10.1. The van der Waals surface area contributed by atoms with Crippen LogP contribution in [0.25, 0.3) is 11.4 Å². The molecule has 0 unspecified atom stereocenters. The molecular weight excluding hydrogens is 330 g/mol. The van der Waals surface area contributed by atoms with Gasteiger partial charge in [0.25, 0.3) is 0 Å². The molecule has 0 saturated carbocycles. The first kappa shape index (κ1) is 17.7. The lowest BCUT2D eigenvalue weighted by Crippen LogP contribution is -2.23. The molecule has 0 atom stereocenters. The molecule has 0 fully saturated rings. The number of nitrogens with one attached hydrogen (secondary N) is 1. The summed E-state index contributed by atoms with van der Waals surface area (Å²) in [7, 11) is 1.61. The van der Waals surface area contributed by atoms with Crippen LogP contribution in [0.15, 0.2) is 53.1 Å². The van der Waals surface area contributed by atoms with Crippen molar-refractivity contribution in [3.63, 3.8) is 0 Å². The van der Waals surface area contributed by atoms with Crippen LogP contribution < -0.4 is 10.1 Å². The highest BCUT2D eigenvalue weighted by atomic mass is 16.5. The third kappa shape index (κ3) is 4.27. The van der Waals surface area contributed by atoms with Crippen LogP contribution in [0.5, 0.6) is 5.75 Å². The van der Waals surface area contributed by atoms with Gasteiger partial charge in [0.05, 0.1) is 7.11 Å². The van der Waals surface area contributed by atoms with E-state index in [0.717, 1.165) is 22.4 Å². The molecular formula is C20H21N3O3. The summed E-state index contributed by atoms with van der Waals surface area (Å²) in [5, 5.41) is 6.89. The number of hydrogen-bond donors (Lipinski definition) is 1. The van der Waals surface area contributed by atoms with Crippen molar-refractivity contribution in [3.8, 4) is 17.1 Å². The minimum Gasteiger partial charge on any atom is -0.496 e. The Bertz CT molecular complexity index is 889. The number of ether oxygens (including phenoxy) is 1. The smallest absolute Gasteiger partial charge is 0.227 e. The van der Waals surface area contributed by atoms with Crippen LogP contribution in [0, 0.1) is 6.92 Å². The van der Waals surface area contributed by atoms with Crippen LogP contribution in [0.4, 0.5) is 0 Å². The van der Waals surface area contributed by atoms with Crippen molar-refractivity contribution in [1.82, 2.24) is 15.5 Å². The van der Waals surface area contributed by atoms with E-state index in [1.165, 1.54) is 0 Å². The Morgan fingerprint density at radius 3 is 2.73 bits per heavy atom. The van der Waals surface area contributed by atoms with E-state index in [1.807, 2.05) is 55.5 Å². The van der Waals surface area contributed by atoms with Gasteiger partial charge in [-0.25, -0.2) is 0 Å². The second kappa shape index (κ2) is 8.29. The molecule has 0 radical (unpaired) electrons. The van der Waals surface area contributed by atoms with Gasteiger partial charge in [-0.15, -0.1) is 0 Å². The first-order valence-electron chi connectivity index (χ1n) is 8.44. The Morgan fingerprint density at radius 2 is 1.92 bits per heavy atom. The zero-order valence-corrected chi connectivity index (χ0v) is 14.9. The van der Waals surface area contributed by atoms with Crippen molar-refractivity contribution in [2.75, 3.05) is 7.11 Å². The molecule has 0 aliphatic carbocycles. The molecule has 0 aliphatic heterocycles. The maximum atomic E-state index is 12.1. The molecule has 0 spiro atoms. The minimum absolute atomic E-state index is 0.0773. The maximum absolute atomic E-state index is 12.1. The van der Waals surface area contributed by atoms with Crippen molar-refractivity contribution >= 4 is 5.91 Å². The summed E-state index contributed by atoms with van der Waals surface area (Å²) in [4.78, 5) is 16.5. The fraction of sp³-hybridized carbons (Fsp3) is 0.250. The molecule has 0 bridgehead atoms. The summed E-state index contributed by atoms with van der Waals surface area (Å²) in [5.41, 5.74) is 2.94. The number of para-hydroxylation sites is 1. The largest absolute Gasteiger partial charge is 0.496 e. The molecule has 1 N–H and O–H groups in total. The number of rotatable bonds is 7. The molecule has 6 heteroatoms. The van der Waals surface area contributed by atoms with Crippen molar-refractivity contribution in [1.29, 1.82) is 0 Å². The van der Waals surface area contributed by atoms with E-state index in [9.17, 15) is 4.79 Å². The highest BCUT2D eigenvalue weighted by molar-refractivity contribution is 5.76. The van der Waals surface area contributed by atoms with Crippen LogP contribution in [0.1, 0.15) is 23.4 Å². The monoisotopic (exact) mass is 351 g/mol. The second-order valence-corrected chi connectivity index (χ2v) is 5.92. The molecule has 3 rings (SSSR count). The van der Waals surface area contributed by atoms with Gasteiger partial charge in [-0.2, -0.15) is 4.98 Å². The van der Waals surface area contributed by atoms with E-state index >= 15 is 0 Å². The molecule has 0 aliphatic rings. The first-order valence-corrected chi connectivity index (χ1v) is 8.44. The van der Waals surface area contributed by atoms with Gasteiger partial charge in [0.15, 0.2) is 0 Å². The van der Waals surface area contributed by atoms with E-state index in [-0.39, 0.29) is 12.3 Å². The Labute approximate surface area is 152 Å². The summed E-state index contributed by atoms with van der Waals surface area (Å²) in [5.74, 6) is 1.68. The lowest BCUT2D eigenvalue weighted by molar-refractivity contribution is -0.121. The Morgan fingerprint density at radius 1 is 1.15 bits per heavy atom. The average Bonchev–Trinajstić information content (AvgIpc) is 3.14. The number of carbonyl (C=O) groups is 1. The highest BCUT2D eigenvalue weighted by Gasteiger charge is 2.12. The summed E-state index contributed by atoms with van der Waals surface area (Å²) >= 11 is 0. The van der Waals surface area contributed by atoms with Crippen LogP contribution >= 0.6 is 0 Å². The molecule has 1 heterocycles. The molecule has 0 saturated heterocycles. The van der Waals surface area contributed by atoms with Crippen LogP contribution in [0.2, 0.25) is 0 Å². The summed E-state index contributed by atoms with van der Waals surface area (Å²) in [6.07, 6.45) is 0.682. The SMILES string of the molecule is COc1ccccc1CNC(=O)CCc1nc(-c2ccccc2C)no1. The third-order valence-corrected chi connectivity index (χ3v) is 4.09. The highest BCUT2D eigenvalue weighted by Crippen LogP contribution is 2.20. The number of aromatic nitrogens is 2. The second-order valence-electron chi connectivity index (χ2n) is 5.92. The maximum Gasteiger partial charge on any atom is 0.227 e. The topological polar surface area (TPSA) is 77.2 Å². The van der Waals surface area contributed by atoms with Crippen molar-refractivity contribution in [2.45, 2.75) is 26.3 Å². The van der Waals surface area contributed by atoms with Crippen molar-refractivity contribution in [2.24, 2.45) is 0 Å². The number of amides is 1. The van der Waals surface area contributed by atoms with Gasteiger partial charge in [0.2, 0.25) is 17.6 Å². The number of methoxy groups -OCH3 is 1. The fourth-order valence-corrected chi connectivity index (χ4v) is 2.64. The molecule has 1 amide bonds. The van der Waals surface area contributed by atoms with E-state index < -0.39 is 0 Å². The van der Waals surface area contributed by atoms with E-state index in [1.54, 1.807) is 7.11 Å². The van der Waals surface area contributed by atoms with Gasteiger partial charge in [0.1, 0.15) is 5.75 Å². The van der Waals surface area contributed by atoms with Gasteiger partial charge in [-0.3, -0.25) is 4.79 Å². The predicted octanol–water partition coefficient (Wildman–Crippen LogP) is 3.30. The standard InChI is InChI=1S/C20H21N3O3/c1-14-7-3-5-9-16(14)20-22-19(26-23-20)12-11-18(24)21-13-15-8-4-6-10-17(15)25-2/h3-10H,11-13H2,1-2H3,(H,21,24). The Balaban J connectivity index is 1.53. The number of hydrogen-bond acceptors (Lipinski definition) is 5. The van der Waals surface area contributed by atoms with Gasteiger partial charge >= 0.3 is 0 Å².